The molecule has 0 fully saturated rings. The molecule has 0 atom stereocenters. The Morgan fingerprint density at radius 2 is 2.17 bits per heavy atom. The highest BCUT2D eigenvalue weighted by Gasteiger charge is 2.04. The Morgan fingerprint density at radius 3 is 2.67 bits per heavy atom. The number of hydrogen-bond donors (Lipinski definition) is 1. The molecule has 0 aromatic carbocycles. The summed E-state index contributed by atoms with van der Waals surface area (Å²) < 4.78 is 0. The zero-order chi connectivity index (χ0) is 9.45. The summed E-state index contributed by atoms with van der Waals surface area (Å²) in [7, 11) is 0. The predicted octanol–water partition coefficient (Wildman–Crippen LogP) is 2.42. The van der Waals surface area contributed by atoms with E-state index in [1.165, 1.54) is 6.42 Å². The molecule has 0 radical (unpaired) electrons. The van der Waals surface area contributed by atoms with Gasteiger partial charge in [-0.05, 0) is 37.5 Å². The van der Waals surface area contributed by atoms with Crippen LogP contribution >= 0.6 is 11.8 Å². The Hall–Kier alpha value is -0.390. The quantitative estimate of drug-likeness (QED) is 0.537. The number of thioether (sulfide) groups is 1. The molecule has 0 aromatic heterocycles. The minimum atomic E-state index is -0.875. The Kier molecular flexibility index (Phi) is 5.96. The molecule has 0 aromatic rings. The SMILES string of the molecule is CCCSC=CC#CC(C)(C)O. The molecular formula is C10H16OS. The fraction of sp³-hybridized carbons (Fsp3) is 0.600. The number of aliphatic hydroxyl groups is 1. The Morgan fingerprint density at radius 1 is 1.50 bits per heavy atom. The van der Waals surface area contributed by atoms with Crippen LogP contribution in [0.2, 0.25) is 0 Å². The van der Waals surface area contributed by atoms with Crippen LogP contribution in [0, 0.1) is 11.8 Å². The lowest BCUT2D eigenvalue weighted by molar-refractivity contribution is 0.143. The van der Waals surface area contributed by atoms with Crippen LogP contribution in [-0.4, -0.2) is 16.5 Å². The molecule has 0 spiro atoms. The molecule has 0 rings (SSSR count). The van der Waals surface area contributed by atoms with Gasteiger partial charge in [0.15, 0.2) is 0 Å². The molecule has 0 amide bonds. The lowest BCUT2D eigenvalue weighted by atomic mass is 10.1. The van der Waals surface area contributed by atoms with Crippen LogP contribution < -0.4 is 0 Å². The first-order chi connectivity index (χ1) is 5.56. The van der Waals surface area contributed by atoms with Gasteiger partial charge in [0, 0.05) is 0 Å². The van der Waals surface area contributed by atoms with Gasteiger partial charge in [0.1, 0.15) is 5.60 Å². The van der Waals surface area contributed by atoms with Crippen molar-refractivity contribution in [2.45, 2.75) is 32.8 Å². The molecule has 68 valence electrons. The van der Waals surface area contributed by atoms with E-state index in [9.17, 15) is 5.11 Å². The fourth-order valence-corrected chi connectivity index (χ4v) is 1.02. The number of hydrogen-bond acceptors (Lipinski definition) is 2. The van der Waals surface area contributed by atoms with Crippen molar-refractivity contribution in [1.29, 1.82) is 0 Å². The summed E-state index contributed by atoms with van der Waals surface area (Å²) in [5.74, 6) is 6.61. The minimum absolute atomic E-state index is 0.875. The summed E-state index contributed by atoms with van der Waals surface area (Å²) >= 11 is 1.74. The van der Waals surface area contributed by atoms with Gasteiger partial charge in [0.25, 0.3) is 0 Å². The normalized spacial score (nSPS) is 11.3. The van der Waals surface area contributed by atoms with E-state index in [2.05, 4.69) is 18.8 Å². The third kappa shape index (κ3) is 9.61. The van der Waals surface area contributed by atoms with Crippen LogP contribution in [0.5, 0.6) is 0 Å². The molecule has 1 N–H and O–H groups in total. The van der Waals surface area contributed by atoms with Crippen LogP contribution in [0.3, 0.4) is 0 Å². The van der Waals surface area contributed by atoms with Gasteiger partial charge in [-0.2, -0.15) is 0 Å². The summed E-state index contributed by atoms with van der Waals surface area (Å²) in [6.07, 6.45) is 2.95. The molecule has 0 unspecified atom stereocenters. The van der Waals surface area contributed by atoms with E-state index in [0.717, 1.165) is 5.75 Å². The zero-order valence-electron chi connectivity index (χ0n) is 7.92. The summed E-state index contributed by atoms with van der Waals surface area (Å²) in [6, 6.07) is 0. The van der Waals surface area contributed by atoms with E-state index in [-0.39, 0.29) is 0 Å². The third-order valence-electron chi connectivity index (χ3n) is 0.948. The Balaban J connectivity index is 3.63. The van der Waals surface area contributed by atoms with E-state index in [1.807, 2.05) is 5.41 Å². The van der Waals surface area contributed by atoms with Gasteiger partial charge < -0.3 is 5.11 Å². The fourth-order valence-electron chi connectivity index (χ4n) is 0.486. The van der Waals surface area contributed by atoms with Crippen molar-refractivity contribution in [3.05, 3.63) is 11.5 Å². The van der Waals surface area contributed by atoms with Gasteiger partial charge in [0.05, 0.1) is 0 Å². The number of allylic oxidation sites excluding steroid dienone is 1. The summed E-state index contributed by atoms with van der Waals surface area (Å²) in [5, 5.41) is 11.2. The van der Waals surface area contributed by atoms with Gasteiger partial charge >= 0.3 is 0 Å². The van der Waals surface area contributed by atoms with Crippen molar-refractivity contribution in [3.8, 4) is 11.8 Å². The summed E-state index contributed by atoms with van der Waals surface area (Å²) in [4.78, 5) is 0. The monoisotopic (exact) mass is 184 g/mol. The van der Waals surface area contributed by atoms with Gasteiger partial charge in [-0.15, -0.1) is 11.8 Å². The molecule has 0 heterocycles. The first-order valence-electron chi connectivity index (χ1n) is 4.08. The van der Waals surface area contributed by atoms with Crippen molar-refractivity contribution in [2.75, 3.05) is 5.75 Å². The second-order valence-electron chi connectivity index (χ2n) is 3.00. The van der Waals surface area contributed by atoms with Crippen molar-refractivity contribution in [3.63, 3.8) is 0 Å². The van der Waals surface area contributed by atoms with Crippen molar-refractivity contribution >= 4 is 11.8 Å². The highest BCUT2D eigenvalue weighted by atomic mass is 32.2. The lowest BCUT2D eigenvalue weighted by Gasteiger charge is -2.04. The summed E-state index contributed by atoms with van der Waals surface area (Å²) in [5.41, 5.74) is -0.875. The second-order valence-corrected chi connectivity index (χ2v) is 4.02. The minimum Gasteiger partial charge on any atom is -0.378 e. The van der Waals surface area contributed by atoms with Crippen LogP contribution in [0.1, 0.15) is 27.2 Å². The van der Waals surface area contributed by atoms with E-state index in [1.54, 1.807) is 31.7 Å². The average molecular weight is 184 g/mol. The van der Waals surface area contributed by atoms with Crippen LogP contribution in [-0.2, 0) is 0 Å². The van der Waals surface area contributed by atoms with Crippen molar-refractivity contribution < 1.29 is 5.11 Å². The van der Waals surface area contributed by atoms with Gasteiger partial charge in [-0.3, -0.25) is 0 Å². The van der Waals surface area contributed by atoms with Gasteiger partial charge in [0.2, 0.25) is 0 Å². The smallest absolute Gasteiger partial charge is 0.120 e. The maximum Gasteiger partial charge on any atom is 0.120 e. The van der Waals surface area contributed by atoms with E-state index in [4.69, 9.17) is 0 Å². The molecule has 0 aliphatic heterocycles. The Labute approximate surface area is 79.3 Å². The first-order valence-corrected chi connectivity index (χ1v) is 5.13. The average Bonchev–Trinajstić information content (AvgIpc) is 1.94. The third-order valence-corrected chi connectivity index (χ3v) is 1.92. The van der Waals surface area contributed by atoms with E-state index in [0.29, 0.717) is 0 Å². The molecule has 12 heavy (non-hydrogen) atoms. The lowest BCUT2D eigenvalue weighted by Crippen LogP contribution is -2.14. The van der Waals surface area contributed by atoms with Gasteiger partial charge in [-0.1, -0.05) is 18.8 Å². The van der Waals surface area contributed by atoms with Crippen LogP contribution in [0.15, 0.2) is 11.5 Å². The molecule has 1 nitrogen and oxygen atoms in total. The van der Waals surface area contributed by atoms with Crippen LogP contribution in [0.4, 0.5) is 0 Å². The Bertz CT molecular complexity index is 190. The van der Waals surface area contributed by atoms with Gasteiger partial charge in [-0.25, -0.2) is 0 Å². The van der Waals surface area contributed by atoms with Crippen molar-refractivity contribution in [1.82, 2.24) is 0 Å². The predicted molar refractivity (Wildman–Crippen MR) is 56.0 cm³/mol. The summed E-state index contributed by atoms with van der Waals surface area (Å²) in [6.45, 7) is 5.49. The molecule has 0 aliphatic rings. The molecule has 0 saturated heterocycles. The molecular weight excluding hydrogens is 168 g/mol. The highest BCUT2D eigenvalue weighted by Crippen LogP contribution is 2.02. The zero-order valence-corrected chi connectivity index (χ0v) is 8.74. The second kappa shape index (κ2) is 6.16. The molecule has 2 heteroatoms. The number of rotatable bonds is 3. The van der Waals surface area contributed by atoms with E-state index >= 15 is 0 Å². The standard InChI is InChI=1S/C10H16OS/c1-4-8-12-9-6-5-7-10(2,3)11/h6,9,11H,4,8H2,1-3H3. The molecule has 0 bridgehead atoms. The van der Waals surface area contributed by atoms with E-state index < -0.39 is 5.60 Å². The highest BCUT2D eigenvalue weighted by molar-refractivity contribution is 8.02. The molecule has 0 saturated carbocycles. The van der Waals surface area contributed by atoms with Crippen LogP contribution in [0.25, 0.3) is 0 Å². The largest absolute Gasteiger partial charge is 0.378 e. The maximum absolute atomic E-state index is 9.21. The maximum atomic E-state index is 9.21. The van der Waals surface area contributed by atoms with Crippen molar-refractivity contribution in [2.24, 2.45) is 0 Å². The molecule has 0 aliphatic carbocycles. The topological polar surface area (TPSA) is 20.2 Å². The first kappa shape index (κ1) is 11.6.